The molecule has 0 spiro atoms. The van der Waals surface area contributed by atoms with E-state index < -0.39 is 0 Å². The molecule has 0 unspecified atom stereocenters. The number of hydrogen-bond acceptors (Lipinski definition) is 3. The highest BCUT2D eigenvalue weighted by atomic mass is 16.2. The maximum Gasteiger partial charge on any atom is 0.236 e. The summed E-state index contributed by atoms with van der Waals surface area (Å²) < 4.78 is 0. The molecule has 2 aliphatic rings. The van der Waals surface area contributed by atoms with Crippen LogP contribution in [0.3, 0.4) is 0 Å². The molecular formula is C24H39N5O. The summed E-state index contributed by atoms with van der Waals surface area (Å²) in [5.41, 5.74) is 1.46. The Morgan fingerprint density at radius 1 is 1.00 bits per heavy atom. The Bertz CT molecular complexity index is 689. The average Bonchev–Trinajstić information content (AvgIpc) is 3.27. The van der Waals surface area contributed by atoms with Crippen LogP contribution in [0.4, 0.5) is 0 Å². The normalized spacial score (nSPS) is 18.7. The van der Waals surface area contributed by atoms with Crippen LogP contribution < -0.4 is 5.32 Å². The van der Waals surface area contributed by atoms with Gasteiger partial charge in [-0.3, -0.25) is 14.7 Å². The first-order valence-corrected chi connectivity index (χ1v) is 11.5. The highest BCUT2D eigenvalue weighted by Gasteiger charge is 2.25. The van der Waals surface area contributed by atoms with Crippen LogP contribution in [0.25, 0.3) is 0 Å². The predicted octanol–water partition coefficient (Wildman–Crippen LogP) is 2.46. The second kappa shape index (κ2) is 10.8. The van der Waals surface area contributed by atoms with Gasteiger partial charge in [-0.15, -0.1) is 0 Å². The summed E-state index contributed by atoms with van der Waals surface area (Å²) in [7, 11) is 0. The molecule has 2 aliphatic heterocycles. The Balaban J connectivity index is 1.51. The molecule has 166 valence electrons. The molecule has 30 heavy (non-hydrogen) atoms. The van der Waals surface area contributed by atoms with E-state index in [0.717, 1.165) is 77.6 Å². The number of nitrogens with zero attached hydrogens (tertiary/aromatic N) is 4. The largest absolute Gasteiger partial charge is 0.357 e. The molecule has 0 saturated carbocycles. The highest BCUT2D eigenvalue weighted by Crippen LogP contribution is 2.22. The van der Waals surface area contributed by atoms with Gasteiger partial charge in [0.1, 0.15) is 0 Å². The number of hydrogen-bond donors (Lipinski definition) is 1. The lowest BCUT2D eigenvalue weighted by molar-refractivity contribution is -0.131. The number of carbonyl (C=O) groups excluding carboxylic acids is 1. The number of nitrogens with one attached hydrogen (secondary N) is 1. The Kier molecular flexibility index (Phi) is 8.14. The van der Waals surface area contributed by atoms with Crippen molar-refractivity contribution in [3.05, 3.63) is 35.9 Å². The van der Waals surface area contributed by atoms with E-state index in [1.165, 1.54) is 5.56 Å². The second-order valence-corrected chi connectivity index (χ2v) is 9.35. The lowest BCUT2D eigenvalue weighted by Gasteiger charge is -2.37. The zero-order valence-corrected chi connectivity index (χ0v) is 19.1. The quantitative estimate of drug-likeness (QED) is 0.551. The molecule has 0 radical (unpaired) electrons. The third-order valence-corrected chi connectivity index (χ3v) is 6.01. The first-order chi connectivity index (χ1) is 14.5. The van der Waals surface area contributed by atoms with Gasteiger partial charge >= 0.3 is 0 Å². The van der Waals surface area contributed by atoms with Crippen LogP contribution in [0.15, 0.2) is 35.3 Å². The number of rotatable bonds is 7. The Morgan fingerprint density at radius 2 is 1.67 bits per heavy atom. The van der Waals surface area contributed by atoms with Crippen LogP contribution in [0, 0.1) is 5.41 Å². The molecule has 2 heterocycles. The summed E-state index contributed by atoms with van der Waals surface area (Å²) in [5.74, 6) is 1.30. The molecule has 0 bridgehead atoms. The van der Waals surface area contributed by atoms with Crippen LogP contribution in [0.2, 0.25) is 0 Å². The van der Waals surface area contributed by atoms with E-state index >= 15 is 0 Å². The maximum atomic E-state index is 12.4. The van der Waals surface area contributed by atoms with Crippen molar-refractivity contribution in [1.82, 2.24) is 20.0 Å². The number of likely N-dealkylation sites (tertiary alicyclic amines) is 1. The summed E-state index contributed by atoms with van der Waals surface area (Å²) >= 11 is 0. The highest BCUT2D eigenvalue weighted by molar-refractivity contribution is 5.80. The van der Waals surface area contributed by atoms with E-state index in [2.05, 4.69) is 66.2 Å². The molecule has 6 heteroatoms. The molecular weight excluding hydrogens is 374 g/mol. The Morgan fingerprint density at radius 3 is 2.30 bits per heavy atom. The van der Waals surface area contributed by atoms with Gasteiger partial charge in [-0.05, 0) is 37.2 Å². The van der Waals surface area contributed by atoms with Crippen LogP contribution in [-0.2, 0) is 11.2 Å². The maximum absolute atomic E-state index is 12.4. The van der Waals surface area contributed by atoms with Gasteiger partial charge in [-0.1, -0.05) is 44.2 Å². The van der Waals surface area contributed by atoms with Crippen molar-refractivity contribution >= 4 is 11.9 Å². The molecule has 2 fully saturated rings. The number of benzene rings is 1. The zero-order chi connectivity index (χ0) is 21.4. The van der Waals surface area contributed by atoms with Gasteiger partial charge in [-0.25, -0.2) is 0 Å². The van der Waals surface area contributed by atoms with E-state index in [1.807, 2.05) is 4.90 Å². The average molecular weight is 414 g/mol. The summed E-state index contributed by atoms with van der Waals surface area (Å²) in [6, 6.07) is 10.7. The predicted molar refractivity (Wildman–Crippen MR) is 124 cm³/mol. The van der Waals surface area contributed by atoms with Crippen LogP contribution in [-0.4, -0.2) is 85.5 Å². The molecule has 0 atom stereocenters. The van der Waals surface area contributed by atoms with Crippen molar-refractivity contribution in [3.8, 4) is 0 Å². The second-order valence-electron chi connectivity index (χ2n) is 9.35. The summed E-state index contributed by atoms with van der Waals surface area (Å²) in [5, 5.41) is 3.47. The lowest BCUT2D eigenvalue weighted by Crippen LogP contribution is -2.54. The van der Waals surface area contributed by atoms with Gasteiger partial charge in [0.15, 0.2) is 5.96 Å². The summed E-state index contributed by atoms with van der Waals surface area (Å²) in [4.78, 5) is 24.1. The minimum Gasteiger partial charge on any atom is -0.357 e. The summed E-state index contributed by atoms with van der Waals surface area (Å²) in [6.45, 7) is 14.4. The molecule has 6 nitrogen and oxygen atoms in total. The third-order valence-electron chi connectivity index (χ3n) is 6.01. The van der Waals surface area contributed by atoms with E-state index in [1.54, 1.807) is 0 Å². The molecule has 1 aromatic carbocycles. The van der Waals surface area contributed by atoms with Crippen molar-refractivity contribution in [2.24, 2.45) is 10.4 Å². The van der Waals surface area contributed by atoms with Crippen molar-refractivity contribution in [2.45, 2.75) is 40.0 Å². The van der Waals surface area contributed by atoms with E-state index in [-0.39, 0.29) is 5.41 Å². The third kappa shape index (κ3) is 6.73. The van der Waals surface area contributed by atoms with Crippen LogP contribution in [0.5, 0.6) is 0 Å². The van der Waals surface area contributed by atoms with E-state index in [4.69, 9.17) is 4.99 Å². The molecule has 1 amide bonds. The number of amides is 1. The number of guanidine groups is 1. The fourth-order valence-corrected chi connectivity index (χ4v) is 4.29. The monoisotopic (exact) mass is 413 g/mol. The fourth-order valence-electron chi connectivity index (χ4n) is 4.29. The number of piperazine rings is 1. The number of aliphatic imine (C=N–C) groups is 1. The van der Waals surface area contributed by atoms with Crippen LogP contribution in [0.1, 0.15) is 39.2 Å². The van der Waals surface area contributed by atoms with Crippen molar-refractivity contribution in [2.75, 3.05) is 58.9 Å². The fraction of sp³-hybridized carbons (Fsp3) is 0.667. The lowest BCUT2D eigenvalue weighted by atomic mass is 9.86. The standard InChI is InChI=1S/C24H39N5O/c1-4-25-23(26-20-24(2,3)18-21-10-6-5-7-11-21)29-16-14-27(15-17-29)19-22(30)28-12-8-9-13-28/h5-7,10-11H,4,8-9,12-20H2,1-3H3,(H,25,26). The van der Waals surface area contributed by atoms with E-state index in [9.17, 15) is 4.79 Å². The minimum absolute atomic E-state index is 0.103. The Labute approximate surface area is 182 Å². The first-order valence-electron chi connectivity index (χ1n) is 11.5. The molecule has 0 aromatic heterocycles. The zero-order valence-electron chi connectivity index (χ0n) is 19.1. The molecule has 2 saturated heterocycles. The Hall–Kier alpha value is -2.08. The van der Waals surface area contributed by atoms with Gasteiger partial charge in [0.25, 0.3) is 0 Å². The smallest absolute Gasteiger partial charge is 0.236 e. The van der Waals surface area contributed by atoms with Gasteiger partial charge in [0.2, 0.25) is 5.91 Å². The van der Waals surface area contributed by atoms with Crippen LogP contribution >= 0.6 is 0 Å². The van der Waals surface area contributed by atoms with Crippen molar-refractivity contribution < 1.29 is 4.79 Å². The molecule has 3 rings (SSSR count). The van der Waals surface area contributed by atoms with Gasteiger partial charge in [-0.2, -0.15) is 0 Å². The van der Waals surface area contributed by atoms with Gasteiger partial charge < -0.3 is 15.1 Å². The van der Waals surface area contributed by atoms with Crippen molar-refractivity contribution in [3.63, 3.8) is 0 Å². The number of carbonyl (C=O) groups is 1. The van der Waals surface area contributed by atoms with Gasteiger partial charge in [0.05, 0.1) is 6.54 Å². The first kappa shape index (κ1) is 22.6. The summed E-state index contributed by atoms with van der Waals surface area (Å²) in [6.07, 6.45) is 3.33. The molecule has 0 aliphatic carbocycles. The minimum atomic E-state index is 0.103. The SMILES string of the molecule is CCNC(=NCC(C)(C)Cc1ccccc1)N1CCN(CC(=O)N2CCCC2)CC1. The molecule has 1 aromatic rings. The molecule has 1 N–H and O–H groups in total. The van der Waals surface area contributed by atoms with Gasteiger partial charge in [0, 0.05) is 52.4 Å². The van der Waals surface area contributed by atoms with E-state index in [0.29, 0.717) is 12.5 Å². The topological polar surface area (TPSA) is 51.2 Å². The van der Waals surface area contributed by atoms with Crippen molar-refractivity contribution in [1.29, 1.82) is 0 Å².